The second kappa shape index (κ2) is 6.62. The largest absolute Gasteiger partial charge is 0.507 e. The Morgan fingerprint density at radius 2 is 1.63 bits per heavy atom. The number of nitrogens with one attached hydrogen (secondary N) is 1. The number of benzene rings is 2. The summed E-state index contributed by atoms with van der Waals surface area (Å²) >= 11 is 1.30. The molecule has 27 heavy (non-hydrogen) atoms. The Kier molecular flexibility index (Phi) is 4.13. The van der Waals surface area contributed by atoms with Crippen LogP contribution in [-0.2, 0) is 0 Å². The smallest absolute Gasteiger partial charge is 0.261 e. The number of phenolic OH excluding ortho intramolecular Hbond substituents is 1. The summed E-state index contributed by atoms with van der Waals surface area (Å²) in [4.78, 5) is 15.2. The van der Waals surface area contributed by atoms with E-state index >= 15 is 0 Å². The second-order valence-corrected chi connectivity index (χ2v) is 6.79. The number of thiophene rings is 1. The maximum Gasteiger partial charge on any atom is 0.261 e. The fraction of sp³-hybridized carbons (Fsp3) is 0. The Hall–Kier alpha value is -3.58. The Balaban J connectivity index is 1.85. The summed E-state index contributed by atoms with van der Waals surface area (Å²) in [7, 11) is 0. The van der Waals surface area contributed by atoms with Crippen molar-refractivity contribution in [3.63, 3.8) is 0 Å². The van der Waals surface area contributed by atoms with Gasteiger partial charge in [0.1, 0.15) is 21.9 Å². The van der Waals surface area contributed by atoms with Crippen LogP contribution < -0.4 is 5.56 Å². The first kappa shape index (κ1) is 16.9. The van der Waals surface area contributed by atoms with E-state index in [0.717, 1.165) is 28.5 Å². The van der Waals surface area contributed by atoms with Crippen molar-refractivity contribution in [2.75, 3.05) is 0 Å². The van der Waals surface area contributed by atoms with E-state index in [4.69, 9.17) is 5.21 Å². The van der Waals surface area contributed by atoms with Gasteiger partial charge in [0.15, 0.2) is 0 Å². The molecule has 0 saturated carbocycles. The van der Waals surface area contributed by atoms with Gasteiger partial charge in [-0.05, 0) is 17.2 Å². The van der Waals surface area contributed by atoms with Gasteiger partial charge in [0.25, 0.3) is 5.56 Å². The van der Waals surface area contributed by atoms with Crippen molar-refractivity contribution in [1.82, 2.24) is 4.98 Å². The summed E-state index contributed by atoms with van der Waals surface area (Å²) in [6.45, 7) is 0. The van der Waals surface area contributed by atoms with Crippen molar-refractivity contribution < 1.29 is 15.4 Å². The van der Waals surface area contributed by atoms with Crippen LogP contribution in [0.1, 0.15) is 5.56 Å². The lowest BCUT2D eigenvalue weighted by Gasteiger charge is -2.07. The zero-order valence-corrected chi connectivity index (χ0v) is 14.7. The highest BCUT2D eigenvalue weighted by Crippen LogP contribution is 2.39. The van der Waals surface area contributed by atoms with E-state index in [1.807, 2.05) is 41.8 Å². The van der Waals surface area contributed by atoms with Crippen molar-refractivity contribution in [1.29, 1.82) is 0 Å². The SMILES string of the molecule is O=c1[nH]c2scc(-c3ccc(-c4ccccc4O)cc3)c2c(O)c1/C=N/O. The molecule has 4 rings (SSSR count). The predicted molar refractivity (Wildman–Crippen MR) is 106 cm³/mol. The van der Waals surface area contributed by atoms with E-state index in [0.29, 0.717) is 10.2 Å². The standard InChI is InChI=1S/C20H14N2O4S/c23-16-4-2-1-3-13(16)11-5-7-12(8-6-11)15-10-27-20-17(15)18(24)14(9-21-26)19(25)22-20/h1-10,23,26H,(H2,22,24,25)/b21-9+. The highest BCUT2D eigenvalue weighted by Gasteiger charge is 2.17. The Morgan fingerprint density at radius 3 is 2.30 bits per heavy atom. The number of H-pyrrole nitrogens is 1. The third kappa shape index (κ3) is 2.84. The van der Waals surface area contributed by atoms with Gasteiger partial charge in [0.2, 0.25) is 0 Å². The molecule has 4 N–H and O–H groups in total. The van der Waals surface area contributed by atoms with E-state index in [2.05, 4.69) is 10.1 Å². The number of nitrogens with zero attached hydrogens (tertiary/aromatic N) is 1. The van der Waals surface area contributed by atoms with Gasteiger partial charge in [0, 0.05) is 16.5 Å². The number of fused-ring (bicyclic) bond motifs is 1. The predicted octanol–water partition coefficient (Wildman–Crippen LogP) is 4.14. The van der Waals surface area contributed by atoms with Crippen LogP contribution in [0.4, 0.5) is 0 Å². The topological polar surface area (TPSA) is 106 Å². The average molecular weight is 378 g/mol. The van der Waals surface area contributed by atoms with Crippen molar-refractivity contribution in [3.8, 4) is 33.8 Å². The van der Waals surface area contributed by atoms with E-state index in [9.17, 15) is 15.0 Å². The molecule has 0 bridgehead atoms. The fourth-order valence-corrected chi connectivity index (χ4v) is 4.00. The molecule has 6 nitrogen and oxygen atoms in total. The highest BCUT2D eigenvalue weighted by atomic mass is 32.1. The molecule has 0 atom stereocenters. The molecule has 0 aliphatic heterocycles. The maximum absolute atomic E-state index is 12.0. The number of aromatic hydroxyl groups is 2. The monoisotopic (exact) mass is 378 g/mol. The van der Waals surface area contributed by atoms with Crippen molar-refractivity contribution in [2.45, 2.75) is 0 Å². The fourth-order valence-electron chi connectivity index (χ4n) is 3.03. The maximum atomic E-state index is 12.0. The van der Waals surface area contributed by atoms with Crippen LogP contribution in [0.2, 0.25) is 0 Å². The summed E-state index contributed by atoms with van der Waals surface area (Å²) < 4.78 is 0. The van der Waals surface area contributed by atoms with Crippen LogP contribution in [-0.4, -0.2) is 26.6 Å². The zero-order valence-electron chi connectivity index (χ0n) is 13.9. The molecule has 7 heteroatoms. The normalized spacial score (nSPS) is 11.4. The third-order valence-corrected chi connectivity index (χ3v) is 5.25. The number of hydrogen-bond donors (Lipinski definition) is 4. The molecule has 4 aromatic rings. The van der Waals surface area contributed by atoms with Crippen LogP contribution in [0.3, 0.4) is 0 Å². The minimum Gasteiger partial charge on any atom is -0.507 e. The Labute approximate surface area is 157 Å². The molecular weight excluding hydrogens is 364 g/mol. The number of pyridine rings is 1. The lowest BCUT2D eigenvalue weighted by Crippen LogP contribution is -2.11. The van der Waals surface area contributed by atoms with E-state index in [1.165, 1.54) is 11.3 Å². The molecule has 0 amide bonds. The van der Waals surface area contributed by atoms with Crippen molar-refractivity contribution in [2.24, 2.45) is 5.16 Å². The summed E-state index contributed by atoms with van der Waals surface area (Å²) in [5.74, 6) is -0.0260. The third-order valence-electron chi connectivity index (χ3n) is 4.35. The van der Waals surface area contributed by atoms with Crippen molar-refractivity contribution >= 4 is 27.8 Å². The van der Waals surface area contributed by atoms with Gasteiger partial charge in [-0.15, -0.1) is 11.3 Å². The molecule has 2 aromatic heterocycles. The highest BCUT2D eigenvalue weighted by molar-refractivity contribution is 7.17. The molecule has 2 aromatic carbocycles. The summed E-state index contributed by atoms with van der Waals surface area (Å²) in [6.07, 6.45) is 0.913. The zero-order chi connectivity index (χ0) is 19.0. The first-order valence-corrected chi connectivity index (χ1v) is 8.91. The first-order valence-electron chi connectivity index (χ1n) is 8.03. The summed E-state index contributed by atoms with van der Waals surface area (Å²) in [5.41, 5.74) is 2.56. The average Bonchev–Trinajstić information content (AvgIpc) is 3.09. The molecule has 0 fully saturated rings. The molecule has 0 radical (unpaired) electrons. The Morgan fingerprint density at radius 1 is 0.963 bits per heavy atom. The quantitative estimate of drug-likeness (QED) is 0.244. The molecule has 0 aliphatic rings. The van der Waals surface area contributed by atoms with E-state index in [-0.39, 0.29) is 17.1 Å². The van der Waals surface area contributed by atoms with Crippen molar-refractivity contribution in [3.05, 3.63) is 69.8 Å². The molecule has 134 valence electrons. The number of aromatic amines is 1. The van der Waals surface area contributed by atoms with Crippen LogP contribution in [0.5, 0.6) is 11.5 Å². The summed E-state index contributed by atoms with van der Waals surface area (Å²) in [6, 6.07) is 14.6. The number of hydrogen-bond acceptors (Lipinski definition) is 6. The van der Waals surface area contributed by atoms with Gasteiger partial charge in [-0.3, -0.25) is 4.79 Å². The van der Waals surface area contributed by atoms with E-state index in [1.54, 1.807) is 12.1 Å². The van der Waals surface area contributed by atoms with Crippen LogP contribution in [0.25, 0.3) is 32.5 Å². The number of rotatable bonds is 3. The molecule has 0 spiro atoms. The number of phenols is 1. The summed E-state index contributed by atoms with van der Waals surface area (Å²) in [5, 5.41) is 34.4. The van der Waals surface area contributed by atoms with Gasteiger partial charge in [-0.25, -0.2) is 0 Å². The Bertz CT molecular complexity index is 1220. The minimum absolute atomic E-state index is 0.101. The molecule has 2 heterocycles. The second-order valence-electron chi connectivity index (χ2n) is 5.91. The minimum atomic E-state index is -0.527. The number of oxime groups is 1. The van der Waals surface area contributed by atoms with Crippen LogP contribution in [0, 0.1) is 0 Å². The van der Waals surface area contributed by atoms with Gasteiger partial charge in [-0.1, -0.05) is 47.6 Å². The number of aromatic nitrogens is 1. The lowest BCUT2D eigenvalue weighted by molar-refractivity contribution is 0.321. The van der Waals surface area contributed by atoms with Gasteiger partial charge in [0.05, 0.1) is 11.6 Å². The van der Waals surface area contributed by atoms with E-state index < -0.39 is 5.56 Å². The molecule has 0 unspecified atom stereocenters. The van der Waals surface area contributed by atoms with Crippen LogP contribution >= 0.6 is 11.3 Å². The molecule has 0 saturated heterocycles. The van der Waals surface area contributed by atoms with Gasteiger partial charge < -0.3 is 20.4 Å². The molecule has 0 aliphatic carbocycles. The van der Waals surface area contributed by atoms with Gasteiger partial charge >= 0.3 is 0 Å². The lowest BCUT2D eigenvalue weighted by atomic mass is 9.99. The number of para-hydroxylation sites is 1. The van der Waals surface area contributed by atoms with Gasteiger partial charge in [-0.2, -0.15) is 0 Å². The molecular formula is C20H14N2O4S. The first-order chi connectivity index (χ1) is 13.1. The van der Waals surface area contributed by atoms with Crippen LogP contribution in [0.15, 0.2) is 63.9 Å².